The molecule has 0 bridgehead atoms. The van der Waals surface area contributed by atoms with Crippen molar-refractivity contribution in [1.82, 2.24) is 0 Å². The first kappa shape index (κ1) is 10.7. The van der Waals surface area contributed by atoms with Crippen LogP contribution in [-0.2, 0) is 14.3 Å². The van der Waals surface area contributed by atoms with Crippen molar-refractivity contribution in [2.45, 2.75) is 19.4 Å². The van der Waals surface area contributed by atoms with Crippen LogP contribution >= 0.6 is 0 Å². The van der Waals surface area contributed by atoms with Crippen molar-refractivity contribution in [3.05, 3.63) is 30.3 Å². The number of carbonyl (C=O) groups is 2. The normalized spacial score (nSPS) is 23.9. The minimum atomic E-state index is -0.671. The first-order chi connectivity index (χ1) is 7.66. The largest absolute Gasteiger partial charge is 0.462 e. The Balaban J connectivity index is 2.01. The quantitative estimate of drug-likeness (QED) is 0.607. The molecule has 2 unspecified atom stereocenters. The van der Waals surface area contributed by atoms with Crippen LogP contribution in [0.5, 0.6) is 0 Å². The number of ether oxygens (including phenoxy) is 1. The third kappa shape index (κ3) is 2.21. The Bertz CT molecular complexity index is 402. The molecule has 1 aromatic carbocycles. The first-order valence-corrected chi connectivity index (χ1v) is 5.23. The molecule has 84 valence electrons. The number of nitrogens with one attached hydrogen (secondary N) is 1. The summed E-state index contributed by atoms with van der Waals surface area (Å²) >= 11 is 0. The minimum Gasteiger partial charge on any atom is -0.462 e. The van der Waals surface area contributed by atoms with Gasteiger partial charge >= 0.3 is 5.97 Å². The van der Waals surface area contributed by atoms with E-state index in [4.69, 9.17) is 4.74 Å². The van der Waals surface area contributed by atoms with Gasteiger partial charge in [0.25, 0.3) is 0 Å². The van der Waals surface area contributed by atoms with Crippen LogP contribution in [0.15, 0.2) is 30.3 Å². The molecule has 0 spiro atoms. The van der Waals surface area contributed by atoms with Crippen molar-refractivity contribution in [3.8, 4) is 0 Å². The molecular weight excluding hydrogens is 206 g/mol. The van der Waals surface area contributed by atoms with Crippen molar-refractivity contribution >= 4 is 17.6 Å². The van der Waals surface area contributed by atoms with Gasteiger partial charge in [0, 0.05) is 12.1 Å². The molecule has 1 fully saturated rings. The number of hydrogen-bond donors (Lipinski definition) is 1. The summed E-state index contributed by atoms with van der Waals surface area (Å²) in [6.07, 6.45) is 0.288. The van der Waals surface area contributed by atoms with Gasteiger partial charge in [0.15, 0.2) is 0 Å². The summed E-state index contributed by atoms with van der Waals surface area (Å²) in [6, 6.07) is 9.07. The molecule has 1 saturated heterocycles. The molecule has 4 heteroatoms. The SMILES string of the molecule is CC1CC(C(=O)Nc2ccccc2)C(=O)O1. The van der Waals surface area contributed by atoms with Crippen molar-refractivity contribution in [2.24, 2.45) is 5.92 Å². The van der Waals surface area contributed by atoms with Gasteiger partial charge in [-0.05, 0) is 19.1 Å². The Labute approximate surface area is 93.6 Å². The summed E-state index contributed by atoms with van der Waals surface area (Å²) in [5.41, 5.74) is 0.694. The maximum absolute atomic E-state index is 11.8. The van der Waals surface area contributed by atoms with Crippen LogP contribution in [0.3, 0.4) is 0 Å². The summed E-state index contributed by atoms with van der Waals surface area (Å²) in [5.74, 6) is -1.39. The molecule has 2 rings (SSSR count). The molecule has 16 heavy (non-hydrogen) atoms. The summed E-state index contributed by atoms with van der Waals surface area (Å²) in [6.45, 7) is 1.79. The molecule has 0 radical (unpaired) electrons. The topological polar surface area (TPSA) is 55.4 Å². The van der Waals surface area contributed by atoms with Crippen molar-refractivity contribution in [2.75, 3.05) is 5.32 Å². The molecule has 2 atom stereocenters. The highest BCUT2D eigenvalue weighted by atomic mass is 16.5. The highest BCUT2D eigenvalue weighted by molar-refractivity contribution is 6.05. The van der Waals surface area contributed by atoms with Crippen molar-refractivity contribution in [3.63, 3.8) is 0 Å². The summed E-state index contributed by atoms with van der Waals surface area (Å²) in [4.78, 5) is 23.1. The van der Waals surface area contributed by atoms with Crippen molar-refractivity contribution < 1.29 is 14.3 Å². The fourth-order valence-corrected chi connectivity index (χ4v) is 1.72. The highest BCUT2D eigenvalue weighted by Gasteiger charge is 2.37. The van der Waals surface area contributed by atoms with Crippen LogP contribution in [0, 0.1) is 5.92 Å². The van der Waals surface area contributed by atoms with Crippen LogP contribution < -0.4 is 5.32 Å². The van der Waals surface area contributed by atoms with Crippen LogP contribution in [0.4, 0.5) is 5.69 Å². The lowest BCUT2D eigenvalue weighted by Crippen LogP contribution is -2.26. The molecular formula is C12H13NO3. The molecule has 4 nitrogen and oxygen atoms in total. The van der Waals surface area contributed by atoms with E-state index in [2.05, 4.69) is 5.32 Å². The average molecular weight is 219 g/mol. The van der Waals surface area contributed by atoms with Crippen LogP contribution in [-0.4, -0.2) is 18.0 Å². The fraction of sp³-hybridized carbons (Fsp3) is 0.333. The van der Waals surface area contributed by atoms with Gasteiger partial charge in [-0.1, -0.05) is 18.2 Å². The average Bonchev–Trinajstić information content (AvgIpc) is 2.59. The summed E-state index contributed by atoms with van der Waals surface area (Å²) in [7, 11) is 0. The monoisotopic (exact) mass is 219 g/mol. The molecule has 1 amide bonds. The molecule has 1 N–H and O–H groups in total. The van der Waals surface area contributed by atoms with Gasteiger partial charge in [-0.15, -0.1) is 0 Å². The Morgan fingerprint density at radius 1 is 1.38 bits per heavy atom. The number of rotatable bonds is 2. The number of anilines is 1. The zero-order chi connectivity index (χ0) is 11.5. The molecule has 1 aliphatic rings. The lowest BCUT2D eigenvalue weighted by atomic mass is 10.0. The Kier molecular flexibility index (Phi) is 2.90. The van der Waals surface area contributed by atoms with Crippen LogP contribution in [0.1, 0.15) is 13.3 Å². The summed E-state index contributed by atoms with van der Waals surface area (Å²) < 4.78 is 4.93. The molecule has 1 aromatic rings. The first-order valence-electron chi connectivity index (χ1n) is 5.23. The number of cyclic esters (lactones) is 1. The smallest absolute Gasteiger partial charge is 0.318 e. The van der Waals surface area contributed by atoms with Crippen LogP contribution in [0.25, 0.3) is 0 Å². The predicted octanol–water partition coefficient (Wildman–Crippen LogP) is 1.58. The lowest BCUT2D eigenvalue weighted by Gasteiger charge is -2.07. The molecule has 1 aliphatic heterocycles. The number of carbonyl (C=O) groups excluding carboxylic acids is 2. The molecule has 1 heterocycles. The van der Waals surface area contributed by atoms with E-state index in [1.807, 2.05) is 18.2 Å². The zero-order valence-electron chi connectivity index (χ0n) is 8.97. The number of amides is 1. The van der Waals surface area contributed by atoms with Gasteiger partial charge < -0.3 is 10.1 Å². The van der Waals surface area contributed by atoms with Crippen LogP contribution in [0.2, 0.25) is 0 Å². The maximum Gasteiger partial charge on any atom is 0.318 e. The third-order valence-corrected chi connectivity index (χ3v) is 2.53. The summed E-state index contributed by atoms with van der Waals surface area (Å²) in [5, 5.41) is 2.70. The van der Waals surface area contributed by atoms with E-state index in [0.717, 1.165) is 0 Å². The Hall–Kier alpha value is -1.84. The van der Waals surface area contributed by atoms with E-state index in [9.17, 15) is 9.59 Å². The van der Waals surface area contributed by atoms with E-state index in [0.29, 0.717) is 12.1 Å². The lowest BCUT2D eigenvalue weighted by molar-refractivity contribution is -0.145. The van der Waals surface area contributed by atoms with E-state index in [1.165, 1.54) is 0 Å². The Morgan fingerprint density at radius 2 is 2.06 bits per heavy atom. The maximum atomic E-state index is 11.8. The fourth-order valence-electron chi connectivity index (χ4n) is 1.72. The van der Waals surface area contributed by atoms with E-state index < -0.39 is 11.9 Å². The second kappa shape index (κ2) is 4.35. The highest BCUT2D eigenvalue weighted by Crippen LogP contribution is 2.22. The van der Waals surface area contributed by atoms with Gasteiger partial charge in [0.05, 0.1) is 0 Å². The van der Waals surface area contributed by atoms with Crippen molar-refractivity contribution in [1.29, 1.82) is 0 Å². The molecule has 0 saturated carbocycles. The minimum absolute atomic E-state index is 0.168. The number of hydrogen-bond acceptors (Lipinski definition) is 3. The van der Waals surface area contributed by atoms with E-state index in [1.54, 1.807) is 19.1 Å². The number of esters is 1. The van der Waals surface area contributed by atoms with E-state index in [-0.39, 0.29) is 12.0 Å². The predicted molar refractivity (Wildman–Crippen MR) is 58.7 cm³/mol. The van der Waals surface area contributed by atoms with Gasteiger partial charge in [0.1, 0.15) is 12.0 Å². The van der Waals surface area contributed by atoms with E-state index >= 15 is 0 Å². The second-order valence-electron chi connectivity index (χ2n) is 3.89. The Morgan fingerprint density at radius 3 is 2.62 bits per heavy atom. The molecule has 0 aromatic heterocycles. The van der Waals surface area contributed by atoms with Gasteiger partial charge in [-0.3, -0.25) is 9.59 Å². The van der Waals surface area contributed by atoms with Gasteiger partial charge in [-0.25, -0.2) is 0 Å². The standard InChI is InChI=1S/C12H13NO3/c1-8-7-10(12(15)16-8)11(14)13-9-5-3-2-4-6-9/h2-6,8,10H,7H2,1H3,(H,13,14). The number of benzene rings is 1. The third-order valence-electron chi connectivity index (χ3n) is 2.53. The molecule has 0 aliphatic carbocycles. The van der Waals surface area contributed by atoms with Gasteiger partial charge in [-0.2, -0.15) is 0 Å². The zero-order valence-corrected chi connectivity index (χ0v) is 8.97. The second-order valence-corrected chi connectivity index (χ2v) is 3.89. The number of para-hydroxylation sites is 1. The van der Waals surface area contributed by atoms with Gasteiger partial charge in [0.2, 0.25) is 5.91 Å².